The second-order valence-corrected chi connectivity index (χ2v) is 10.2. The summed E-state index contributed by atoms with van der Waals surface area (Å²) < 4.78 is 49.6. The van der Waals surface area contributed by atoms with Crippen LogP contribution in [0.1, 0.15) is 17.5 Å². The zero-order chi connectivity index (χ0) is 27.0. The van der Waals surface area contributed by atoms with Gasteiger partial charge in [-0.3, -0.25) is 4.90 Å². The lowest BCUT2D eigenvalue weighted by Crippen LogP contribution is -2.41. The molecule has 0 spiro atoms. The number of methoxy groups -OCH3 is 1. The van der Waals surface area contributed by atoms with Gasteiger partial charge < -0.3 is 25.8 Å². The van der Waals surface area contributed by atoms with Crippen LogP contribution in [0.4, 0.5) is 35.4 Å². The minimum atomic E-state index is -4.24. The SMILES string of the molecule is COc1cc2c(cc1Nc1ncc(Cl)c(NC3C4C=CC(C4)C3OC(N)=O)n1)CCN(CC(F)(F)F)CC2. The van der Waals surface area contributed by atoms with Crippen LogP contribution in [-0.2, 0) is 17.6 Å². The first-order chi connectivity index (χ1) is 18.1. The number of benzene rings is 1. The van der Waals surface area contributed by atoms with Crippen molar-refractivity contribution in [3.63, 3.8) is 0 Å². The number of primary amides is 1. The standard InChI is InChI=1S/C25H28ClF3N6O3/c1-37-19-10-14-5-7-35(12-25(27,28)29)6-4-13(14)9-18(19)32-24-31-11-17(26)22(34-24)33-20-15-2-3-16(8-15)21(20)38-23(30)36/h2-3,9-11,15-16,20-21H,4-8,12H2,1H3,(H2,30,36)(H2,31,32,33,34). The van der Waals surface area contributed by atoms with Gasteiger partial charge in [0.1, 0.15) is 16.9 Å². The number of fused-ring (bicyclic) bond motifs is 3. The fourth-order valence-corrected chi connectivity index (χ4v) is 5.69. The van der Waals surface area contributed by atoms with Gasteiger partial charge in [0, 0.05) is 24.9 Å². The highest BCUT2D eigenvalue weighted by molar-refractivity contribution is 6.32. The molecule has 1 amide bonds. The van der Waals surface area contributed by atoms with Gasteiger partial charge in [-0.15, -0.1) is 0 Å². The predicted molar refractivity (Wildman–Crippen MR) is 136 cm³/mol. The molecule has 9 nitrogen and oxygen atoms in total. The summed E-state index contributed by atoms with van der Waals surface area (Å²) in [5.41, 5.74) is 7.75. The monoisotopic (exact) mass is 552 g/mol. The highest BCUT2D eigenvalue weighted by atomic mass is 35.5. The van der Waals surface area contributed by atoms with E-state index >= 15 is 0 Å². The number of alkyl halides is 3. The van der Waals surface area contributed by atoms with Crippen LogP contribution in [0, 0.1) is 11.8 Å². The Morgan fingerprint density at radius 1 is 1.21 bits per heavy atom. The molecule has 1 aromatic heterocycles. The van der Waals surface area contributed by atoms with Gasteiger partial charge in [0.15, 0.2) is 5.82 Å². The fourth-order valence-electron chi connectivity index (χ4n) is 5.55. The zero-order valence-electron chi connectivity index (χ0n) is 20.6. The second kappa shape index (κ2) is 10.5. The first-order valence-electron chi connectivity index (χ1n) is 12.3. The molecule has 1 aliphatic heterocycles. The van der Waals surface area contributed by atoms with Crippen molar-refractivity contribution in [3.05, 3.63) is 46.6 Å². The molecule has 38 heavy (non-hydrogen) atoms. The number of nitrogens with one attached hydrogen (secondary N) is 2. The normalized spacial score (nSPS) is 24.6. The molecule has 2 aromatic rings. The number of rotatable bonds is 7. The van der Waals surface area contributed by atoms with Crippen molar-refractivity contribution in [1.82, 2.24) is 14.9 Å². The molecular formula is C25H28ClF3N6O3. The van der Waals surface area contributed by atoms with E-state index in [4.69, 9.17) is 26.8 Å². The molecule has 4 N–H and O–H groups in total. The van der Waals surface area contributed by atoms with Crippen LogP contribution >= 0.6 is 11.6 Å². The number of hydrogen-bond acceptors (Lipinski definition) is 8. The summed E-state index contributed by atoms with van der Waals surface area (Å²) in [6.45, 7) is -0.311. The Labute approximate surface area is 222 Å². The summed E-state index contributed by atoms with van der Waals surface area (Å²) in [5.74, 6) is 1.33. The highest BCUT2D eigenvalue weighted by Crippen LogP contribution is 2.43. The van der Waals surface area contributed by atoms with Crippen LogP contribution in [0.25, 0.3) is 0 Å². The van der Waals surface area contributed by atoms with Crippen molar-refractivity contribution in [1.29, 1.82) is 0 Å². The van der Waals surface area contributed by atoms with Gasteiger partial charge in [0.2, 0.25) is 5.95 Å². The van der Waals surface area contributed by atoms with E-state index in [1.54, 1.807) is 0 Å². The van der Waals surface area contributed by atoms with Gasteiger partial charge in [0.05, 0.1) is 31.6 Å². The van der Waals surface area contributed by atoms with Crippen molar-refractivity contribution in [2.24, 2.45) is 17.6 Å². The van der Waals surface area contributed by atoms with Crippen molar-refractivity contribution in [3.8, 4) is 5.75 Å². The van der Waals surface area contributed by atoms with Crippen LogP contribution < -0.4 is 21.1 Å². The number of hydrogen-bond donors (Lipinski definition) is 3. The second-order valence-electron chi connectivity index (χ2n) is 9.75. The summed E-state index contributed by atoms with van der Waals surface area (Å²) in [4.78, 5) is 21.7. The molecule has 0 radical (unpaired) electrons. The smallest absolute Gasteiger partial charge is 0.404 e. The molecule has 1 aromatic carbocycles. The minimum Gasteiger partial charge on any atom is -0.495 e. The third-order valence-corrected chi connectivity index (χ3v) is 7.53. The van der Waals surface area contributed by atoms with Crippen LogP contribution in [0.2, 0.25) is 5.02 Å². The van der Waals surface area contributed by atoms with Gasteiger partial charge in [-0.05, 0) is 42.5 Å². The number of carbonyl (C=O) groups excluding carboxylic acids is 1. The van der Waals surface area contributed by atoms with Crippen LogP contribution in [0.5, 0.6) is 5.75 Å². The van der Waals surface area contributed by atoms with E-state index in [1.807, 2.05) is 18.2 Å². The molecule has 1 saturated carbocycles. The van der Waals surface area contributed by atoms with Gasteiger partial charge in [-0.1, -0.05) is 23.8 Å². The Bertz CT molecular complexity index is 1240. The molecule has 4 unspecified atom stereocenters. The summed E-state index contributed by atoms with van der Waals surface area (Å²) in [7, 11) is 1.52. The summed E-state index contributed by atoms with van der Waals surface area (Å²) in [6, 6.07) is 3.46. The van der Waals surface area contributed by atoms with E-state index in [2.05, 4.69) is 26.7 Å². The largest absolute Gasteiger partial charge is 0.495 e. The highest BCUT2D eigenvalue weighted by Gasteiger charge is 2.47. The quantitative estimate of drug-likeness (QED) is 0.436. The first kappa shape index (κ1) is 26.4. The topological polar surface area (TPSA) is 115 Å². The predicted octanol–water partition coefficient (Wildman–Crippen LogP) is 4.30. The number of halogens is 4. The Balaban J connectivity index is 1.34. The Morgan fingerprint density at radius 2 is 1.92 bits per heavy atom. The van der Waals surface area contributed by atoms with Crippen molar-refractivity contribution in [2.75, 3.05) is 37.4 Å². The van der Waals surface area contributed by atoms with Crippen molar-refractivity contribution < 1.29 is 27.4 Å². The zero-order valence-corrected chi connectivity index (χ0v) is 21.4. The summed E-state index contributed by atoms with van der Waals surface area (Å²) >= 11 is 6.39. The number of nitrogens with two attached hydrogens (primary N) is 1. The Kier molecular flexibility index (Phi) is 7.28. The molecule has 2 bridgehead atoms. The van der Waals surface area contributed by atoms with Gasteiger partial charge in [-0.25, -0.2) is 9.78 Å². The molecule has 0 saturated heterocycles. The van der Waals surface area contributed by atoms with Gasteiger partial charge in [0.25, 0.3) is 0 Å². The van der Waals surface area contributed by atoms with Crippen LogP contribution in [0.15, 0.2) is 30.5 Å². The fraction of sp³-hybridized carbons (Fsp3) is 0.480. The molecule has 5 rings (SSSR count). The van der Waals surface area contributed by atoms with Gasteiger partial charge >= 0.3 is 12.3 Å². The lowest BCUT2D eigenvalue weighted by atomic mass is 9.98. The number of anilines is 3. The number of nitrogens with zero attached hydrogens (tertiary/aromatic N) is 3. The lowest BCUT2D eigenvalue weighted by Gasteiger charge is -2.28. The number of carbonyl (C=O) groups is 1. The maximum atomic E-state index is 12.9. The van der Waals surface area contributed by atoms with E-state index in [0.29, 0.717) is 48.2 Å². The lowest BCUT2D eigenvalue weighted by molar-refractivity contribution is -0.145. The van der Waals surface area contributed by atoms with E-state index in [-0.39, 0.29) is 23.8 Å². The molecule has 204 valence electrons. The van der Waals surface area contributed by atoms with Crippen LogP contribution in [-0.4, -0.2) is 66.0 Å². The molecule has 4 atom stereocenters. The molecular weight excluding hydrogens is 525 g/mol. The third-order valence-electron chi connectivity index (χ3n) is 7.25. The molecule has 1 fully saturated rings. The molecule has 3 aliphatic rings. The van der Waals surface area contributed by atoms with Crippen molar-refractivity contribution >= 4 is 35.1 Å². The van der Waals surface area contributed by atoms with E-state index < -0.39 is 24.9 Å². The number of aromatic nitrogens is 2. The van der Waals surface area contributed by atoms with E-state index in [1.165, 1.54) is 18.2 Å². The average Bonchev–Trinajstić information content (AvgIpc) is 3.39. The minimum absolute atomic E-state index is 0.0686. The Hall–Kier alpha value is -3.25. The molecule has 2 heterocycles. The van der Waals surface area contributed by atoms with Crippen LogP contribution in [0.3, 0.4) is 0 Å². The maximum absolute atomic E-state index is 12.9. The summed E-state index contributed by atoms with van der Waals surface area (Å²) in [6.07, 6.45) is 1.83. The van der Waals surface area contributed by atoms with Gasteiger partial charge in [-0.2, -0.15) is 18.2 Å². The number of amides is 1. The molecule has 13 heteroatoms. The summed E-state index contributed by atoms with van der Waals surface area (Å²) in [5, 5.41) is 6.74. The maximum Gasteiger partial charge on any atom is 0.404 e. The first-order valence-corrected chi connectivity index (χ1v) is 12.7. The van der Waals surface area contributed by atoms with E-state index in [9.17, 15) is 18.0 Å². The van der Waals surface area contributed by atoms with Crippen molar-refractivity contribution in [2.45, 2.75) is 37.6 Å². The Morgan fingerprint density at radius 3 is 2.61 bits per heavy atom. The number of ether oxygens (including phenoxy) is 2. The van der Waals surface area contributed by atoms with E-state index in [0.717, 1.165) is 17.5 Å². The molecule has 2 aliphatic carbocycles. The average molecular weight is 553 g/mol. The third kappa shape index (κ3) is 5.75.